The number of amides is 2. The lowest BCUT2D eigenvalue weighted by Crippen LogP contribution is -2.54. The van der Waals surface area contributed by atoms with Crippen LogP contribution in [0.15, 0.2) is 78.5 Å². The average molecular weight is 491 g/mol. The van der Waals surface area contributed by atoms with Crippen LogP contribution < -0.4 is 10.2 Å². The lowest BCUT2D eigenvalue weighted by molar-refractivity contribution is -0.122. The number of aryl methyl sites for hydroxylation is 2. The Bertz CT molecular complexity index is 1620. The fourth-order valence-electron chi connectivity index (χ4n) is 4.60. The molecule has 0 spiro atoms. The normalized spacial score (nSPS) is 14.9. The molecule has 3 aromatic carbocycles. The molecule has 2 heterocycles. The van der Waals surface area contributed by atoms with Crippen LogP contribution in [0.25, 0.3) is 17.0 Å². The summed E-state index contributed by atoms with van der Waals surface area (Å²) in [5.41, 5.74) is 5.75. The predicted molar refractivity (Wildman–Crippen MR) is 144 cm³/mol. The maximum absolute atomic E-state index is 13.6. The van der Waals surface area contributed by atoms with Gasteiger partial charge in [-0.1, -0.05) is 42.5 Å². The third-order valence-electron chi connectivity index (χ3n) is 6.16. The molecule has 1 N–H and O–H groups in total. The van der Waals surface area contributed by atoms with Gasteiger partial charge in [-0.2, -0.15) is 5.26 Å². The van der Waals surface area contributed by atoms with Crippen molar-refractivity contribution in [3.8, 4) is 6.07 Å². The van der Waals surface area contributed by atoms with Crippen LogP contribution in [0.4, 0.5) is 5.69 Å². The van der Waals surface area contributed by atoms with E-state index in [1.54, 1.807) is 12.1 Å². The number of nitriles is 1. The summed E-state index contributed by atoms with van der Waals surface area (Å²) in [4.78, 5) is 27.8. The first-order valence-electron chi connectivity index (χ1n) is 11.4. The minimum absolute atomic E-state index is 0.00286. The molecule has 36 heavy (non-hydrogen) atoms. The number of hydrogen-bond acceptors (Lipinski definition) is 4. The molecule has 0 unspecified atom stereocenters. The van der Waals surface area contributed by atoms with Crippen molar-refractivity contribution in [1.29, 1.82) is 5.26 Å². The van der Waals surface area contributed by atoms with Crippen molar-refractivity contribution in [2.75, 3.05) is 4.90 Å². The molecule has 1 aliphatic rings. The van der Waals surface area contributed by atoms with E-state index in [0.717, 1.165) is 33.2 Å². The van der Waals surface area contributed by atoms with E-state index in [4.69, 9.17) is 12.2 Å². The molecular weight excluding hydrogens is 468 g/mol. The second kappa shape index (κ2) is 9.25. The molecular formula is C29H22N4O2S. The third-order valence-corrected chi connectivity index (χ3v) is 6.45. The van der Waals surface area contributed by atoms with Gasteiger partial charge in [0.05, 0.1) is 17.3 Å². The third kappa shape index (κ3) is 4.19. The molecule has 0 aliphatic carbocycles. The van der Waals surface area contributed by atoms with E-state index in [-0.39, 0.29) is 10.7 Å². The highest BCUT2D eigenvalue weighted by Gasteiger charge is 2.34. The van der Waals surface area contributed by atoms with Gasteiger partial charge < -0.3 is 4.57 Å². The molecule has 1 saturated heterocycles. The second-order valence-corrected chi connectivity index (χ2v) is 9.19. The van der Waals surface area contributed by atoms with Crippen molar-refractivity contribution in [3.05, 3.63) is 106 Å². The average Bonchev–Trinajstić information content (AvgIpc) is 3.18. The van der Waals surface area contributed by atoms with E-state index in [1.807, 2.05) is 85.3 Å². The molecule has 7 heteroatoms. The fraction of sp³-hybridized carbons (Fsp3) is 0.103. The minimum Gasteiger partial charge on any atom is -0.342 e. The summed E-state index contributed by atoms with van der Waals surface area (Å²) in [7, 11) is 0. The van der Waals surface area contributed by atoms with Crippen LogP contribution in [0.1, 0.15) is 27.8 Å². The van der Waals surface area contributed by atoms with Gasteiger partial charge in [0.15, 0.2) is 5.11 Å². The maximum Gasteiger partial charge on any atom is 0.270 e. The number of para-hydroxylation sites is 1. The summed E-state index contributed by atoms with van der Waals surface area (Å²) in [6.07, 6.45) is 3.52. The molecule has 0 bridgehead atoms. The first-order valence-corrected chi connectivity index (χ1v) is 11.8. The zero-order valence-electron chi connectivity index (χ0n) is 19.8. The highest BCUT2D eigenvalue weighted by molar-refractivity contribution is 7.80. The molecule has 2 amide bonds. The standard InChI is InChI=1S/C29H22N4O2S/c1-18-11-19(2)13-23(12-18)33-28(35)25(27(34)31-29(33)36)14-22-17-32(26-10-6-5-9-24(22)26)16-21-8-4-3-7-20(21)15-30/h3-14,17H,16H2,1-2H3,(H,31,34,36)/b25-14+. The van der Waals surface area contributed by atoms with Crippen LogP contribution in [0.2, 0.25) is 0 Å². The Morgan fingerprint density at radius 1 is 1.00 bits per heavy atom. The molecule has 1 aliphatic heterocycles. The second-order valence-electron chi connectivity index (χ2n) is 8.80. The summed E-state index contributed by atoms with van der Waals surface area (Å²) < 4.78 is 2.02. The molecule has 0 atom stereocenters. The monoisotopic (exact) mass is 490 g/mol. The van der Waals surface area contributed by atoms with Crippen LogP contribution in [0.5, 0.6) is 0 Å². The van der Waals surface area contributed by atoms with Crippen molar-refractivity contribution >= 4 is 51.8 Å². The number of carbonyl (C=O) groups is 2. The summed E-state index contributed by atoms with van der Waals surface area (Å²) in [6.45, 7) is 4.37. The first kappa shape index (κ1) is 23.2. The lowest BCUT2D eigenvalue weighted by atomic mass is 10.1. The number of fused-ring (bicyclic) bond motifs is 1. The number of hydrogen-bond donors (Lipinski definition) is 1. The summed E-state index contributed by atoms with van der Waals surface area (Å²) >= 11 is 5.36. The van der Waals surface area contributed by atoms with Gasteiger partial charge in [-0.15, -0.1) is 0 Å². The van der Waals surface area contributed by atoms with Crippen LogP contribution >= 0.6 is 12.2 Å². The van der Waals surface area contributed by atoms with E-state index in [2.05, 4.69) is 11.4 Å². The molecule has 0 saturated carbocycles. The lowest BCUT2D eigenvalue weighted by Gasteiger charge is -2.29. The Morgan fingerprint density at radius 3 is 2.44 bits per heavy atom. The number of nitrogens with one attached hydrogen (secondary N) is 1. The summed E-state index contributed by atoms with van der Waals surface area (Å²) in [5, 5.41) is 13.1. The molecule has 6 nitrogen and oxygen atoms in total. The van der Waals surface area contributed by atoms with Crippen molar-refractivity contribution < 1.29 is 9.59 Å². The SMILES string of the molecule is Cc1cc(C)cc(N2C(=O)/C(=C/c3cn(Cc4ccccc4C#N)c4ccccc34)C(=O)NC2=S)c1. The van der Waals surface area contributed by atoms with Crippen LogP contribution in [-0.4, -0.2) is 21.5 Å². The Labute approximate surface area is 214 Å². The van der Waals surface area contributed by atoms with Crippen molar-refractivity contribution in [2.24, 2.45) is 0 Å². The highest BCUT2D eigenvalue weighted by Crippen LogP contribution is 2.28. The van der Waals surface area contributed by atoms with E-state index >= 15 is 0 Å². The Kier molecular flexibility index (Phi) is 5.96. The number of aromatic nitrogens is 1. The van der Waals surface area contributed by atoms with E-state index in [1.165, 1.54) is 4.90 Å². The van der Waals surface area contributed by atoms with Crippen LogP contribution in [-0.2, 0) is 16.1 Å². The quantitative estimate of drug-likeness (QED) is 0.248. The maximum atomic E-state index is 13.6. The van der Waals surface area contributed by atoms with Gasteiger partial charge in [0.2, 0.25) is 0 Å². The van der Waals surface area contributed by atoms with Gasteiger partial charge in [-0.3, -0.25) is 19.8 Å². The smallest absolute Gasteiger partial charge is 0.270 e. The zero-order valence-corrected chi connectivity index (χ0v) is 20.6. The molecule has 4 aromatic rings. The summed E-state index contributed by atoms with van der Waals surface area (Å²) in [6, 6.07) is 23.2. The van der Waals surface area contributed by atoms with Crippen molar-refractivity contribution in [2.45, 2.75) is 20.4 Å². The van der Waals surface area contributed by atoms with E-state index in [9.17, 15) is 14.9 Å². The van der Waals surface area contributed by atoms with Gasteiger partial charge in [-0.05, 0) is 73.1 Å². The highest BCUT2D eigenvalue weighted by atomic mass is 32.1. The van der Waals surface area contributed by atoms with Gasteiger partial charge in [0, 0.05) is 29.2 Å². The minimum atomic E-state index is -0.530. The van der Waals surface area contributed by atoms with Gasteiger partial charge >= 0.3 is 0 Å². The van der Waals surface area contributed by atoms with E-state index in [0.29, 0.717) is 17.8 Å². The predicted octanol–water partition coefficient (Wildman–Crippen LogP) is 5.01. The molecule has 1 fully saturated rings. The largest absolute Gasteiger partial charge is 0.342 e. The van der Waals surface area contributed by atoms with Gasteiger partial charge in [0.1, 0.15) is 5.57 Å². The Balaban J connectivity index is 1.59. The molecule has 5 rings (SSSR count). The molecule has 0 radical (unpaired) electrons. The first-order chi connectivity index (χ1) is 17.4. The summed E-state index contributed by atoms with van der Waals surface area (Å²) in [5.74, 6) is -1.00. The number of rotatable bonds is 4. The van der Waals surface area contributed by atoms with E-state index < -0.39 is 11.8 Å². The molecule has 1 aromatic heterocycles. The van der Waals surface area contributed by atoms with Crippen molar-refractivity contribution in [3.63, 3.8) is 0 Å². The number of thiocarbonyl (C=S) groups is 1. The number of anilines is 1. The number of carbonyl (C=O) groups excluding carboxylic acids is 2. The molecule has 176 valence electrons. The van der Waals surface area contributed by atoms with Crippen LogP contribution in [0, 0.1) is 25.2 Å². The Hall–Kier alpha value is -4.54. The number of nitrogens with zero attached hydrogens (tertiary/aromatic N) is 3. The van der Waals surface area contributed by atoms with Gasteiger partial charge in [-0.25, -0.2) is 0 Å². The Morgan fingerprint density at radius 2 is 1.69 bits per heavy atom. The van der Waals surface area contributed by atoms with Crippen LogP contribution in [0.3, 0.4) is 0 Å². The zero-order chi connectivity index (χ0) is 25.4. The topological polar surface area (TPSA) is 78.1 Å². The van der Waals surface area contributed by atoms with Gasteiger partial charge in [0.25, 0.3) is 11.8 Å². The van der Waals surface area contributed by atoms with Crippen molar-refractivity contribution in [1.82, 2.24) is 9.88 Å². The number of benzene rings is 3. The fourth-order valence-corrected chi connectivity index (χ4v) is 4.88.